The van der Waals surface area contributed by atoms with E-state index in [4.69, 9.17) is 0 Å². The summed E-state index contributed by atoms with van der Waals surface area (Å²) in [5.41, 5.74) is 2.30. The van der Waals surface area contributed by atoms with Gasteiger partial charge in [-0.3, -0.25) is 4.79 Å². The van der Waals surface area contributed by atoms with Crippen LogP contribution in [0.3, 0.4) is 0 Å². The molecule has 0 aromatic carbocycles. The van der Waals surface area contributed by atoms with Gasteiger partial charge in [0.25, 0.3) is 0 Å². The normalized spacial score (nSPS) is 9.87. The number of rotatable bonds is 3. The lowest BCUT2D eigenvalue weighted by Gasteiger charge is -2.14. The Balaban J connectivity index is 2.64. The van der Waals surface area contributed by atoms with Gasteiger partial charge in [-0.2, -0.15) is 0 Å². The molecule has 15 heavy (non-hydrogen) atoms. The zero-order valence-corrected chi connectivity index (χ0v) is 10.5. The molecule has 1 aromatic heterocycles. The molecule has 0 unspecified atom stereocenters. The second-order valence-electron chi connectivity index (χ2n) is 3.94. The molecule has 0 aliphatic heterocycles. The molecule has 2 nitrogen and oxygen atoms in total. The molecular weight excluding hydrogens is 206 g/mol. The van der Waals surface area contributed by atoms with E-state index in [1.165, 1.54) is 10.4 Å². The molecule has 1 aromatic rings. The van der Waals surface area contributed by atoms with Crippen LogP contribution in [0.1, 0.15) is 24.3 Å². The van der Waals surface area contributed by atoms with Gasteiger partial charge >= 0.3 is 0 Å². The first-order valence-electron chi connectivity index (χ1n) is 4.93. The molecule has 1 rings (SSSR count). The molecule has 0 aliphatic rings. The van der Waals surface area contributed by atoms with Gasteiger partial charge in [-0.15, -0.1) is 11.3 Å². The van der Waals surface area contributed by atoms with Crippen LogP contribution in [0.5, 0.6) is 0 Å². The number of likely N-dealkylation sites (N-methyl/N-ethyl adjacent to an activating group) is 1. The molecule has 0 aliphatic carbocycles. The number of hydrogen-bond acceptors (Lipinski definition) is 2. The molecule has 0 saturated carbocycles. The smallest absolute Gasteiger partial charge is 0.246 e. The van der Waals surface area contributed by atoms with E-state index in [1.807, 2.05) is 20.9 Å². The molecule has 0 spiro atoms. The first kappa shape index (κ1) is 12.0. The van der Waals surface area contributed by atoms with Gasteiger partial charge < -0.3 is 4.90 Å². The van der Waals surface area contributed by atoms with Gasteiger partial charge in [-0.1, -0.05) is 5.57 Å². The fourth-order valence-electron chi connectivity index (χ4n) is 1.22. The van der Waals surface area contributed by atoms with Crippen LogP contribution in [0.15, 0.2) is 23.1 Å². The molecule has 82 valence electrons. The first-order valence-corrected chi connectivity index (χ1v) is 5.81. The Morgan fingerprint density at radius 2 is 2.20 bits per heavy atom. The Morgan fingerprint density at radius 3 is 2.67 bits per heavy atom. The van der Waals surface area contributed by atoms with Crippen molar-refractivity contribution in [2.75, 3.05) is 7.05 Å². The van der Waals surface area contributed by atoms with Crippen LogP contribution >= 0.6 is 11.3 Å². The number of thiophene rings is 1. The van der Waals surface area contributed by atoms with Crippen molar-refractivity contribution in [2.24, 2.45) is 0 Å². The maximum Gasteiger partial charge on any atom is 0.246 e. The van der Waals surface area contributed by atoms with Gasteiger partial charge in [0.15, 0.2) is 0 Å². The highest BCUT2D eigenvalue weighted by molar-refractivity contribution is 7.10. The largest absolute Gasteiger partial charge is 0.337 e. The van der Waals surface area contributed by atoms with E-state index in [-0.39, 0.29) is 5.91 Å². The van der Waals surface area contributed by atoms with Gasteiger partial charge in [0, 0.05) is 18.0 Å². The standard InChI is InChI=1S/C12H17NOS/c1-9(2)7-12(14)13(4)8-11-10(3)5-6-15-11/h5-7H,8H2,1-4H3. The van der Waals surface area contributed by atoms with Gasteiger partial charge in [0.05, 0.1) is 6.54 Å². The van der Waals surface area contributed by atoms with Crippen molar-refractivity contribution in [2.45, 2.75) is 27.3 Å². The zero-order chi connectivity index (χ0) is 11.4. The second-order valence-corrected chi connectivity index (χ2v) is 4.94. The monoisotopic (exact) mass is 223 g/mol. The number of aryl methyl sites for hydroxylation is 1. The lowest BCUT2D eigenvalue weighted by molar-refractivity contribution is -0.125. The molecule has 0 fully saturated rings. The summed E-state index contributed by atoms with van der Waals surface area (Å²) in [6, 6.07) is 2.08. The van der Waals surface area contributed by atoms with Gasteiger partial charge in [-0.25, -0.2) is 0 Å². The summed E-state index contributed by atoms with van der Waals surface area (Å²) in [6.45, 7) is 6.64. The van der Waals surface area contributed by atoms with Crippen LogP contribution in [0.2, 0.25) is 0 Å². The number of carbonyl (C=O) groups excluding carboxylic acids is 1. The van der Waals surface area contributed by atoms with Crippen LogP contribution in [-0.4, -0.2) is 17.9 Å². The summed E-state index contributed by atoms with van der Waals surface area (Å²) in [5, 5.41) is 2.06. The molecule has 0 N–H and O–H groups in total. The lowest BCUT2D eigenvalue weighted by Crippen LogP contribution is -2.24. The Hall–Kier alpha value is -1.09. The Bertz CT molecular complexity index is 375. The third kappa shape index (κ3) is 3.51. The Labute approximate surface area is 95.2 Å². The molecule has 1 amide bonds. The van der Waals surface area contributed by atoms with Gasteiger partial charge in [0.1, 0.15) is 0 Å². The summed E-state index contributed by atoms with van der Waals surface area (Å²) in [7, 11) is 1.83. The number of carbonyl (C=O) groups is 1. The minimum atomic E-state index is 0.0720. The molecule has 0 bridgehead atoms. The van der Waals surface area contributed by atoms with Crippen molar-refractivity contribution in [1.82, 2.24) is 4.90 Å². The molecule has 0 atom stereocenters. The topological polar surface area (TPSA) is 20.3 Å². The van der Waals surface area contributed by atoms with Gasteiger partial charge in [-0.05, 0) is 37.8 Å². The van der Waals surface area contributed by atoms with Gasteiger partial charge in [0.2, 0.25) is 5.91 Å². The predicted molar refractivity (Wildman–Crippen MR) is 65.0 cm³/mol. The van der Waals surface area contributed by atoms with Crippen LogP contribution in [0, 0.1) is 6.92 Å². The highest BCUT2D eigenvalue weighted by atomic mass is 32.1. The number of amides is 1. The maximum atomic E-state index is 11.6. The third-order valence-electron chi connectivity index (χ3n) is 2.14. The van der Waals surface area contributed by atoms with Crippen LogP contribution in [0.25, 0.3) is 0 Å². The molecule has 1 heterocycles. The van der Waals surface area contributed by atoms with Crippen LogP contribution in [-0.2, 0) is 11.3 Å². The quantitative estimate of drug-likeness (QED) is 0.721. The molecular formula is C12H17NOS. The van der Waals surface area contributed by atoms with E-state index < -0.39 is 0 Å². The van der Waals surface area contributed by atoms with E-state index >= 15 is 0 Å². The van der Waals surface area contributed by atoms with E-state index in [0.29, 0.717) is 6.54 Å². The van der Waals surface area contributed by atoms with Crippen molar-refractivity contribution in [3.05, 3.63) is 33.5 Å². The molecule has 0 radical (unpaired) electrons. The van der Waals surface area contributed by atoms with Crippen molar-refractivity contribution in [1.29, 1.82) is 0 Å². The summed E-state index contributed by atoms with van der Waals surface area (Å²) in [6.07, 6.45) is 1.67. The lowest BCUT2D eigenvalue weighted by atomic mass is 10.2. The number of allylic oxidation sites excluding steroid dienone is 1. The number of hydrogen-bond donors (Lipinski definition) is 0. The summed E-state index contributed by atoms with van der Waals surface area (Å²) >= 11 is 1.70. The predicted octanol–water partition coefficient (Wildman–Crippen LogP) is 2.98. The van der Waals surface area contributed by atoms with Crippen LogP contribution in [0.4, 0.5) is 0 Å². The number of nitrogens with zero attached hydrogens (tertiary/aromatic N) is 1. The fraction of sp³-hybridized carbons (Fsp3) is 0.417. The average Bonchev–Trinajstić information content (AvgIpc) is 2.50. The van der Waals surface area contributed by atoms with Crippen molar-refractivity contribution < 1.29 is 4.79 Å². The fourth-order valence-corrected chi connectivity index (χ4v) is 2.18. The van der Waals surface area contributed by atoms with E-state index in [1.54, 1.807) is 22.3 Å². The highest BCUT2D eigenvalue weighted by Gasteiger charge is 2.08. The average molecular weight is 223 g/mol. The van der Waals surface area contributed by atoms with E-state index in [0.717, 1.165) is 5.57 Å². The minimum absolute atomic E-state index is 0.0720. The van der Waals surface area contributed by atoms with Crippen molar-refractivity contribution in [3.63, 3.8) is 0 Å². The summed E-state index contributed by atoms with van der Waals surface area (Å²) < 4.78 is 0. The zero-order valence-electron chi connectivity index (χ0n) is 9.70. The van der Waals surface area contributed by atoms with E-state index in [2.05, 4.69) is 18.4 Å². The summed E-state index contributed by atoms with van der Waals surface area (Å²) in [4.78, 5) is 14.6. The Kier molecular flexibility index (Phi) is 4.09. The minimum Gasteiger partial charge on any atom is -0.337 e. The van der Waals surface area contributed by atoms with Crippen molar-refractivity contribution >= 4 is 17.2 Å². The third-order valence-corrected chi connectivity index (χ3v) is 3.15. The first-order chi connectivity index (χ1) is 7.00. The SMILES string of the molecule is CC(C)=CC(=O)N(C)Cc1sccc1C. The second kappa shape index (κ2) is 5.12. The molecule has 3 heteroatoms. The maximum absolute atomic E-state index is 11.6. The Morgan fingerprint density at radius 1 is 1.53 bits per heavy atom. The molecule has 0 saturated heterocycles. The summed E-state index contributed by atoms with van der Waals surface area (Å²) in [5.74, 6) is 0.0720. The highest BCUT2D eigenvalue weighted by Crippen LogP contribution is 2.17. The van der Waals surface area contributed by atoms with Crippen LogP contribution < -0.4 is 0 Å². The van der Waals surface area contributed by atoms with Crippen molar-refractivity contribution in [3.8, 4) is 0 Å². The van der Waals surface area contributed by atoms with E-state index in [9.17, 15) is 4.79 Å².